The number of aliphatic carboxylic acids is 1. The summed E-state index contributed by atoms with van der Waals surface area (Å²) in [5.74, 6) is -0.646. The van der Waals surface area contributed by atoms with Gasteiger partial charge in [-0.3, -0.25) is 9.59 Å². The van der Waals surface area contributed by atoms with Crippen LogP contribution in [0.2, 0.25) is 0 Å². The number of carbonyl (C=O) groups excluding carboxylic acids is 1. The number of nitrogens with zero attached hydrogens (tertiary/aromatic N) is 1. The molecule has 1 fully saturated rings. The van der Waals surface area contributed by atoms with Crippen molar-refractivity contribution in [3.8, 4) is 0 Å². The standard InChI is InChI=1S/C18H25NO3S/c1-18(2,17(21)22)12-6-5-9-19(10-12)16(20)14-11-23-15-8-4-3-7-13(14)15/h11-12H,3-10H2,1-2H3,(H,21,22). The van der Waals surface area contributed by atoms with Gasteiger partial charge in [0.2, 0.25) is 0 Å². The molecule has 4 nitrogen and oxygen atoms in total. The van der Waals surface area contributed by atoms with Crippen molar-refractivity contribution in [2.75, 3.05) is 13.1 Å². The van der Waals surface area contributed by atoms with Crippen LogP contribution in [0.25, 0.3) is 0 Å². The maximum absolute atomic E-state index is 13.0. The van der Waals surface area contributed by atoms with Crippen LogP contribution in [0.15, 0.2) is 5.38 Å². The molecule has 1 unspecified atom stereocenters. The Bertz CT molecular complexity index is 620. The molecule has 1 aliphatic heterocycles. The quantitative estimate of drug-likeness (QED) is 0.918. The van der Waals surface area contributed by atoms with Gasteiger partial charge in [0.15, 0.2) is 0 Å². The van der Waals surface area contributed by atoms with E-state index in [4.69, 9.17) is 0 Å². The molecule has 1 N–H and O–H groups in total. The second-order valence-electron chi connectivity index (χ2n) is 7.38. The maximum Gasteiger partial charge on any atom is 0.309 e. The zero-order valence-corrected chi connectivity index (χ0v) is 14.7. The predicted molar refractivity (Wildman–Crippen MR) is 91.0 cm³/mol. The van der Waals surface area contributed by atoms with Crippen molar-refractivity contribution in [3.05, 3.63) is 21.4 Å². The molecule has 1 atom stereocenters. The molecule has 5 heteroatoms. The summed E-state index contributed by atoms with van der Waals surface area (Å²) in [6.07, 6.45) is 6.27. The molecule has 1 aliphatic carbocycles. The fourth-order valence-electron chi connectivity index (χ4n) is 3.77. The molecule has 1 amide bonds. The van der Waals surface area contributed by atoms with Crippen LogP contribution >= 0.6 is 11.3 Å². The molecule has 1 aromatic heterocycles. The van der Waals surface area contributed by atoms with E-state index in [0.717, 1.165) is 37.8 Å². The molecule has 0 radical (unpaired) electrons. The smallest absolute Gasteiger partial charge is 0.309 e. The predicted octanol–water partition coefficient (Wildman–Crippen LogP) is 3.59. The van der Waals surface area contributed by atoms with Gasteiger partial charge in [-0.05, 0) is 63.9 Å². The summed E-state index contributed by atoms with van der Waals surface area (Å²) in [6.45, 7) is 4.86. The first-order chi connectivity index (χ1) is 10.9. The van der Waals surface area contributed by atoms with Crippen LogP contribution in [0.3, 0.4) is 0 Å². The number of carboxylic acid groups (broad SMARTS) is 1. The number of amides is 1. The van der Waals surface area contributed by atoms with Crippen LogP contribution in [0.4, 0.5) is 0 Å². The number of hydrogen-bond donors (Lipinski definition) is 1. The zero-order valence-electron chi connectivity index (χ0n) is 13.9. The molecular weight excluding hydrogens is 310 g/mol. The molecule has 2 aliphatic rings. The minimum Gasteiger partial charge on any atom is -0.481 e. The second-order valence-corrected chi connectivity index (χ2v) is 8.34. The van der Waals surface area contributed by atoms with Crippen molar-refractivity contribution >= 4 is 23.2 Å². The highest BCUT2D eigenvalue weighted by atomic mass is 32.1. The Balaban J connectivity index is 1.78. The number of hydrogen-bond acceptors (Lipinski definition) is 3. The van der Waals surface area contributed by atoms with Crippen molar-refractivity contribution in [2.45, 2.75) is 52.4 Å². The molecule has 23 heavy (non-hydrogen) atoms. The van der Waals surface area contributed by atoms with Crippen LogP contribution in [0.5, 0.6) is 0 Å². The van der Waals surface area contributed by atoms with Gasteiger partial charge < -0.3 is 10.0 Å². The summed E-state index contributed by atoms with van der Waals surface area (Å²) in [4.78, 5) is 27.7. The normalized spacial score (nSPS) is 21.8. The van der Waals surface area contributed by atoms with E-state index in [0.29, 0.717) is 6.54 Å². The number of likely N-dealkylation sites (tertiary alicyclic amines) is 1. The monoisotopic (exact) mass is 335 g/mol. The Labute approximate surface area is 141 Å². The molecular formula is C18H25NO3S. The third-order valence-electron chi connectivity index (χ3n) is 5.57. The lowest BCUT2D eigenvalue weighted by atomic mass is 9.74. The van der Waals surface area contributed by atoms with Crippen LogP contribution in [-0.4, -0.2) is 35.0 Å². The van der Waals surface area contributed by atoms with Gasteiger partial charge in [-0.1, -0.05) is 0 Å². The average Bonchev–Trinajstić information content (AvgIpc) is 2.98. The van der Waals surface area contributed by atoms with E-state index in [1.165, 1.54) is 23.3 Å². The van der Waals surface area contributed by atoms with Crippen molar-refractivity contribution < 1.29 is 14.7 Å². The molecule has 3 rings (SSSR count). The van der Waals surface area contributed by atoms with Crippen LogP contribution < -0.4 is 0 Å². The number of carboxylic acids is 1. The Morgan fingerprint density at radius 1 is 1.26 bits per heavy atom. The van der Waals surface area contributed by atoms with Crippen LogP contribution in [0, 0.1) is 11.3 Å². The number of rotatable bonds is 3. The third kappa shape index (κ3) is 3.03. The second kappa shape index (κ2) is 6.27. The maximum atomic E-state index is 13.0. The fraction of sp³-hybridized carbons (Fsp3) is 0.667. The lowest BCUT2D eigenvalue weighted by Gasteiger charge is -2.39. The molecule has 0 aromatic carbocycles. The van der Waals surface area contributed by atoms with Crippen molar-refractivity contribution in [2.24, 2.45) is 11.3 Å². The third-order valence-corrected chi connectivity index (χ3v) is 6.66. The van der Waals surface area contributed by atoms with E-state index in [1.54, 1.807) is 25.2 Å². The first kappa shape index (κ1) is 16.5. The van der Waals surface area contributed by atoms with E-state index < -0.39 is 11.4 Å². The van der Waals surface area contributed by atoms with Crippen LogP contribution in [0.1, 0.15) is 60.3 Å². The molecule has 2 heterocycles. The minimum atomic E-state index is -0.785. The molecule has 0 saturated carbocycles. The van der Waals surface area contributed by atoms with Gasteiger partial charge >= 0.3 is 5.97 Å². The molecule has 1 aromatic rings. The first-order valence-electron chi connectivity index (χ1n) is 8.53. The number of piperidine rings is 1. The number of aryl methyl sites for hydroxylation is 1. The summed E-state index contributed by atoms with van der Waals surface area (Å²) < 4.78 is 0. The van der Waals surface area contributed by atoms with Crippen molar-refractivity contribution in [3.63, 3.8) is 0 Å². The Morgan fingerprint density at radius 3 is 2.74 bits per heavy atom. The van der Waals surface area contributed by atoms with Gasteiger partial charge in [-0.15, -0.1) is 11.3 Å². The first-order valence-corrected chi connectivity index (χ1v) is 9.41. The number of carbonyl (C=O) groups is 2. The Hall–Kier alpha value is -1.36. The summed E-state index contributed by atoms with van der Waals surface area (Å²) in [6, 6.07) is 0. The van der Waals surface area contributed by atoms with E-state index in [1.807, 2.05) is 10.3 Å². The summed E-state index contributed by atoms with van der Waals surface area (Å²) in [7, 11) is 0. The fourth-order valence-corrected chi connectivity index (χ4v) is 4.89. The topological polar surface area (TPSA) is 57.6 Å². The van der Waals surface area contributed by atoms with Gasteiger partial charge in [0.1, 0.15) is 0 Å². The molecule has 0 spiro atoms. The summed E-state index contributed by atoms with van der Waals surface area (Å²) in [5, 5.41) is 11.5. The van der Waals surface area contributed by atoms with Gasteiger partial charge in [0.05, 0.1) is 11.0 Å². The van der Waals surface area contributed by atoms with Gasteiger partial charge in [0.25, 0.3) is 5.91 Å². The SMILES string of the molecule is CC(C)(C(=O)O)C1CCCN(C(=O)c2csc3c2CCCC3)C1. The largest absolute Gasteiger partial charge is 0.481 e. The minimum absolute atomic E-state index is 0.0205. The highest BCUT2D eigenvalue weighted by Gasteiger charge is 2.40. The van der Waals surface area contributed by atoms with Crippen molar-refractivity contribution in [1.29, 1.82) is 0 Å². The van der Waals surface area contributed by atoms with Gasteiger partial charge in [-0.2, -0.15) is 0 Å². The van der Waals surface area contributed by atoms with E-state index in [2.05, 4.69) is 0 Å². The highest BCUT2D eigenvalue weighted by molar-refractivity contribution is 7.10. The number of fused-ring (bicyclic) bond motifs is 1. The van der Waals surface area contributed by atoms with Crippen molar-refractivity contribution in [1.82, 2.24) is 4.90 Å². The highest BCUT2D eigenvalue weighted by Crippen LogP contribution is 2.36. The number of thiophene rings is 1. The van der Waals surface area contributed by atoms with E-state index in [-0.39, 0.29) is 11.8 Å². The molecule has 1 saturated heterocycles. The lowest BCUT2D eigenvalue weighted by Crippen LogP contribution is -2.47. The Morgan fingerprint density at radius 2 is 2.00 bits per heavy atom. The van der Waals surface area contributed by atoms with Crippen LogP contribution in [-0.2, 0) is 17.6 Å². The average molecular weight is 335 g/mol. The summed E-state index contributed by atoms with van der Waals surface area (Å²) >= 11 is 1.71. The van der Waals surface area contributed by atoms with Gasteiger partial charge in [0, 0.05) is 23.3 Å². The molecule has 126 valence electrons. The van der Waals surface area contributed by atoms with Gasteiger partial charge in [-0.25, -0.2) is 0 Å². The zero-order chi connectivity index (χ0) is 16.6. The summed E-state index contributed by atoms with van der Waals surface area (Å²) in [5.41, 5.74) is 1.34. The lowest BCUT2D eigenvalue weighted by molar-refractivity contribution is -0.151. The Kier molecular flexibility index (Phi) is 4.50. The molecule has 0 bridgehead atoms. The van der Waals surface area contributed by atoms with E-state index >= 15 is 0 Å². The van der Waals surface area contributed by atoms with E-state index in [9.17, 15) is 14.7 Å².